The van der Waals surface area contributed by atoms with Gasteiger partial charge in [0.05, 0.1) is 12.1 Å². The van der Waals surface area contributed by atoms with Crippen molar-refractivity contribution >= 4 is 11.3 Å². The van der Waals surface area contributed by atoms with Crippen molar-refractivity contribution in [1.82, 2.24) is 5.32 Å². The van der Waals surface area contributed by atoms with Gasteiger partial charge < -0.3 is 10.1 Å². The summed E-state index contributed by atoms with van der Waals surface area (Å²) >= 11 is 1.90. The predicted molar refractivity (Wildman–Crippen MR) is 62.3 cm³/mol. The molecule has 0 spiro atoms. The van der Waals surface area contributed by atoms with Gasteiger partial charge in [-0.05, 0) is 42.2 Å². The highest BCUT2D eigenvalue weighted by Crippen LogP contribution is 2.49. The molecular weight excluding hydrogens is 206 g/mol. The Morgan fingerprint density at radius 3 is 3.20 bits per heavy atom. The molecule has 15 heavy (non-hydrogen) atoms. The van der Waals surface area contributed by atoms with Gasteiger partial charge in [0.2, 0.25) is 0 Å². The minimum absolute atomic E-state index is 0.149. The summed E-state index contributed by atoms with van der Waals surface area (Å²) in [6.07, 6.45) is 3.89. The van der Waals surface area contributed by atoms with Gasteiger partial charge in [-0.2, -0.15) is 0 Å². The van der Waals surface area contributed by atoms with E-state index < -0.39 is 0 Å². The molecule has 3 rings (SSSR count). The molecule has 1 saturated carbocycles. The average molecular weight is 223 g/mol. The molecule has 1 atom stereocenters. The molecule has 1 fully saturated rings. The van der Waals surface area contributed by atoms with Crippen LogP contribution in [-0.4, -0.2) is 20.3 Å². The van der Waals surface area contributed by atoms with Crippen LogP contribution in [-0.2, 0) is 16.7 Å². The lowest BCUT2D eigenvalue weighted by atomic mass is 9.86. The molecule has 0 bridgehead atoms. The lowest BCUT2D eigenvalue weighted by Crippen LogP contribution is -2.51. The lowest BCUT2D eigenvalue weighted by Gasteiger charge is -2.38. The van der Waals surface area contributed by atoms with Crippen LogP contribution in [0.15, 0.2) is 11.4 Å². The van der Waals surface area contributed by atoms with Gasteiger partial charge in [0.25, 0.3) is 0 Å². The summed E-state index contributed by atoms with van der Waals surface area (Å²) in [5.74, 6) is 0.801. The molecule has 1 aromatic heterocycles. The van der Waals surface area contributed by atoms with Crippen LogP contribution in [0.4, 0.5) is 0 Å². The van der Waals surface area contributed by atoms with Crippen molar-refractivity contribution in [3.8, 4) is 0 Å². The van der Waals surface area contributed by atoms with E-state index in [0.717, 1.165) is 19.1 Å². The highest BCUT2D eigenvalue weighted by molar-refractivity contribution is 7.10. The second-order valence-corrected chi connectivity index (χ2v) is 5.55. The maximum absolute atomic E-state index is 5.46. The molecule has 0 aromatic carbocycles. The molecule has 2 nitrogen and oxygen atoms in total. The fourth-order valence-electron chi connectivity index (χ4n) is 2.79. The number of ether oxygens (including phenoxy) is 1. The standard InChI is InChI=1S/C12H17NOS/c1-14-8-12(10-2-3-10)11-9(4-6-13-12)5-7-15-11/h5,7,10,13H,2-4,6,8H2,1H3. The number of fused-ring (bicyclic) bond motifs is 1. The van der Waals surface area contributed by atoms with Crippen LogP contribution in [0.3, 0.4) is 0 Å². The molecule has 1 N–H and O–H groups in total. The molecule has 3 heteroatoms. The van der Waals surface area contributed by atoms with Crippen LogP contribution in [0.5, 0.6) is 0 Å². The molecule has 1 aromatic rings. The van der Waals surface area contributed by atoms with Crippen LogP contribution in [0.25, 0.3) is 0 Å². The molecule has 1 aliphatic heterocycles. The summed E-state index contributed by atoms with van der Waals surface area (Å²) in [7, 11) is 1.81. The van der Waals surface area contributed by atoms with E-state index in [1.807, 2.05) is 18.4 Å². The molecule has 0 radical (unpaired) electrons. The minimum atomic E-state index is 0.149. The average Bonchev–Trinajstić information content (AvgIpc) is 2.98. The van der Waals surface area contributed by atoms with Gasteiger partial charge in [-0.1, -0.05) is 0 Å². The zero-order valence-corrected chi connectivity index (χ0v) is 9.90. The van der Waals surface area contributed by atoms with Gasteiger partial charge in [-0.3, -0.25) is 0 Å². The van der Waals surface area contributed by atoms with Crippen LogP contribution in [0.1, 0.15) is 23.3 Å². The Kier molecular flexibility index (Phi) is 2.34. The minimum Gasteiger partial charge on any atom is -0.382 e. The number of hydrogen-bond donors (Lipinski definition) is 1. The van der Waals surface area contributed by atoms with Gasteiger partial charge >= 0.3 is 0 Å². The van der Waals surface area contributed by atoms with Crippen molar-refractivity contribution in [3.05, 3.63) is 21.9 Å². The van der Waals surface area contributed by atoms with Crippen molar-refractivity contribution < 1.29 is 4.74 Å². The van der Waals surface area contributed by atoms with Gasteiger partial charge in [0, 0.05) is 18.5 Å². The third-order valence-corrected chi connectivity index (χ3v) is 4.77. The molecule has 2 heterocycles. The second kappa shape index (κ2) is 3.58. The highest BCUT2D eigenvalue weighted by Gasteiger charge is 2.49. The first-order valence-electron chi connectivity index (χ1n) is 5.67. The Morgan fingerprint density at radius 1 is 1.60 bits per heavy atom. The molecular formula is C12H17NOS. The maximum atomic E-state index is 5.46. The molecule has 2 aliphatic rings. The number of rotatable bonds is 3. The Morgan fingerprint density at radius 2 is 2.47 bits per heavy atom. The zero-order chi connectivity index (χ0) is 10.3. The number of thiophene rings is 1. The summed E-state index contributed by atoms with van der Waals surface area (Å²) in [5.41, 5.74) is 1.69. The van der Waals surface area contributed by atoms with Crippen LogP contribution in [0.2, 0.25) is 0 Å². The van der Waals surface area contributed by atoms with Gasteiger partial charge in [0.15, 0.2) is 0 Å². The fourth-order valence-corrected chi connectivity index (χ4v) is 3.99. The van der Waals surface area contributed by atoms with Gasteiger partial charge in [0.1, 0.15) is 0 Å². The van der Waals surface area contributed by atoms with E-state index in [-0.39, 0.29) is 5.54 Å². The van der Waals surface area contributed by atoms with E-state index in [9.17, 15) is 0 Å². The number of methoxy groups -OCH3 is 1. The summed E-state index contributed by atoms with van der Waals surface area (Å²) in [4.78, 5) is 1.54. The smallest absolute Gasteiger partial charge is 0.0796 e. The third kappa shape index (κ3) is 1.45. The molecule has 82 valence electrons. The van der Waals surface area contributed by atoms with E-state index in [1.165, 1.54) is 24.1 Å². The lowest BCUT2D eigenvalue weighted by molar-refractivity contribution is 0.0908. The molecule has 1 unspecified atom stereocenters. The summed E-state index contributed by atoms with van der Waals surface area (Å²) in [6.45, 7) is 1.93. The highest BCUT2D eigenvalue weighted by atomic mass is 32.1. The topological polar surface area (TPSA) is 21.3 Å². The first kappa shape index (κ1) is 9.82. The van der Waals surface area contributed by atoms with Crippen LogP contribution < -0.4 is 5.32 Å². The van der Waals surface area contributed by atoms with Crippen molar-refractivity contribution in [1.29, 1.82) is 0 Å². The maximum Gasteiger partial charge on any atom is 0.0796 e. The van der Waals surface area contributed by atoms with Crippen molar-refractivity contribution in [2.45, 2.75) is 24.8 Å². The first-order chi connectivity index (χ1) is 7.37. The Balaban J connectivity index is 2.02. The van der Waals surface area contributed by atoms with E-state index >= 15 is 0 Å². The van der Waals surface area contributed by atoms with Crippen LogP contribution in [0, 0.1) is 5.92 Å². The predicted octanol–water partition coefficient (Wildman–Crippen LogP) is 2.15. The van der Waals surface area contributed by atoms with Gasteiger partial charge in [-0.15, -0.1) is 11.3 Å². The van der Waals surface area contributed by atoms with Crippen LogP contribution >= 0.6 is 11.3 Å². The fraction of sp³-hybridized carbons (Fsp3) is 0.667. The van der Waals surface area contributed by atoms with Crippen molar-refractivity contribution in [2.24, 2.45) is 5.92 Å². The Labute approximate surface area is 94.6 Å². The Bertz CT molecular complexity index is 358. The summed E-state index contributed by atoms with van der Waals surface area (Å²) in [6, 6.07) is 2.29. The SMILES string of the molecule is COCC1(C2CC2)NCCc2ccsc21. The van der Waals surface area contributed by atoms with Crippen molar-refractivity contribution in [3.63, 3.8) is 0 Å². The molecule has 0 amide bonds. The Hall–Kier alpha value is -0.380. The largest absolute Gasteiger partial charge is 0.382 e. The van der Waals surface area contributed by atoms with Crippen molar-refractivity contribution in [2.75, 3.05) is 20.3 Å². The number of hydrogen-bond acceptors (Lipinski definition) is 3. The normalized spacial score (nSPS) is 30.2. The third-order valence-electron chi connectivity index (χ3n) is 3.63. The van der Waals surface area contributed by atoms with E-state index in [0.29, 0.717) is 0 Å². The van der Waals surface area contributed by atoms with E-state index in [4.69, 9.17) is 4.74 Å². The summed E-state index contributed by atoms with van der Waals surface area (Å²) < 4.78 is 5.46. The summed E-state index contributed by atoms with van der Waals surface area (Å²) in [5, 5.41) is 5.95. The zero-order valence-electron chi connectivity index (χ0n) is 9.08. The van der Waals surface area contributed by atoms with E-state index in [2.05, 4.69) is 16.8 Å². The van der Waals surface area contributed by atoms with E-state index in [1.54, 1.807) is 5.56 Å². The van der Waals surface area contributed by atoms with Gasteiger partial charge in [-0.25, -0.2) is 0 Å². The second-order valence-electron chi connectivity index (χ2n) is 4.63. The molecule has 1 aliphatic carbocycles. The first-order valence-corrected chi connectivity index (χ1v) is 6.55. The number of nitrogens with one attached hydrogen (secondary N) is 1. The quantitative estimate of drug-likeness (QED) is 0.847. The molecule has 0 saturated heterocycles. The monoisotopic (exact) mass is 223 g/mol.